The minimum Gasteiger partial charge on any atom is -0.332 e. The van der Waals surface area contributed by atoms with E-state index in [1.165, 1.54) is 0 Å². The van der Waals surface area contributed by atoms with Crippen LogP contribution in [0.5, 0.6) is 0 Å². The fraction of sp³-hybridized carbons (Fsp3) is 0.444. The molecule has 0 aliphatic heterocycles. The molecule has 2 aromatic heterocycles. The average Bonchev–Trinajstić information content (AvgIpc) is 2.87. The van der Waals surface area contributed by atoms with Gasteiger partial charge < -0.3 is 15.2 Å². The first kappa shape index (κ1) is 10.8. The van der Waals surface area contributed by atoms with Gasteiger partial charge in [-0.1, -0.05) is 5.16 Å². The molecule has 7 heteroatoms. The van der Waals surface area contributed by atoms with E-state index < -0.39 is 0 Å². The quantitative estimate of drug-likeness (QED) is 0.757. The van der Waals surface area contributed by atoms with Gasteiger partial charge in [-0.2, -0.15) is 10.1 Å². The third-order valence-electron chi connectivity index (χ3n) is 2.07. The van der Waals surface area contributed by atoms with Gasteiger partial charge in [0.05, 0.1) is 6.04 Å². The first-order valence-corrected chi connectivity index (χ1v) is 4.90. The van der Waals surface area contributed by atoms with Gasteiger partial charge in [0.25, 0.3) is 5.89 Å². The van der Waals surface area contributed by atoms with E-state index in [9.17, 15) is 0 Å². The van der Waals surface area contributed by atoms with E-state index in [4.69, 9.17) is 10.3 Å². The lowest BCUT2D eigenvalue weighted by Crippen LogP contribution is -2.26. The van der Waals surface area contributed by atoms with E-state index in [2.05, 4.69) is 20.3 Å². The molecule has 0 aromatic carbocycles. The van der Waals surface area contributed by atoms with E-state index >= 15 is 0 Å². The van der Waals surface area contributed by atoms with Gasteiger partial charge in [-0.3, -0.25) is 5.10 Å². The van der Waals surface area contributed by atoms with Crippen molar-refractivity contribution in [1.29, 1.82) is 0 Å². The number of hydrogen-bond donors (Lipinski definition) is 2. The summed E-state index contributed by atoms with van der Waals surface area (Å²) >= 11 is 0. The number of nitrogens with zero attached hydrogens (tertiary/aromatic N) is 4. The summed E-state index contributed by atoms with van der Waals surface area (Å²) in [6.45, 7) is 0.669. The number of H-pyrrole nitrogens is 1. The molecule has 2 aromatic rings. The molecule has 7 nitrogen and oxygen atoms in total. The summed E-state index contributed by atoms with van der Waals surface area (Å²) in [5.74, 6) is 0.903. The Bertz CT molecular complexity index is 435. The Kier molecular flexibility index (Phi) is 2.97. The fourth-order valence-corrected chi connectivity index (χ4v) is 1.34. The van der Waals surface area contributed by atoms with Gasteiger partial charge in [-0.05, 0) is 20.2 Å². The number of aromatic nitrogens is 4. The van der Waals surface area contributed by atoms with E-state index in [0.717, 1.165) is 0 Å². The zero-order chi connectivity index (χ0) is 11.5. The number of hydrogen-bond acceptors (Lipinski definition) is 6. The Balaban J connectivity index is 2.13. The molecule has 0 radical (unpaired) electrons. The third-order valence-corrected chi connectivity index (χ3v) is 2.07. The van der Waals surface area contributed by atoms with E-state index in [1.807, 2.05) is 19.0 Å². The van der Waals surface area contributed by atoms with Crippen molar-refractivity contribution in [3.63, 3.8) is 0 Å². The highest BCUT2D eigenvalue weighted by atomic mass is 16.5. The average molecular weight is 222 g/mol. The van der Waals surface area contributed by atoms with Gasteiger partial charge in [0, 0.05) is 12.7 Å². The highest BCUT2D eigenvalue weighted by Gasteiger charge is 2.16. The maximum absolute atomic E-state index is 5.91. The topological polar surface area (TPSA) is 96.9 Å². The van der Waals surface area contributed by atoms with Crippen molar-refractivity contribution in [2.75, 3.05) is 20.6 Å². The maximum atomic E-state index is 5.91. The molecule has 1 atom stereocenters. The van der Waals surface area contributed by atoms with Crippen LogP contribution in [0.25, 0.3) is 11.6 Å². The summed E-state index contributed by atoms with van der Waals surface area (Å²) in [5, 5.41) is 10.4. The van der Waals surface area contributed by atoms with Crippen LogP contribution in [-0.2, 0) is 0 Å². The van der Waals surface area contributed by atoms with Gasteiger partial charge in [0.15, 0.2) is 5.82 Å². The lowest BCUT2D eigenvalue weighted by molar-refractivity contribution is 0.357. The predicted molar refractivity (Wildman–Crippen MR) is 57.4 cm³/mol. The minimum atomic E-state index is -0.254. The fourth-order valence-electron chi connectivity index (χ4n) is 1.34. The second-order valence-electron chi connectivity index (χ2n) is 3.80. The molecule has 0 saturated carbocycles. The summed E-state index contributed by atoms with van der Waals surface area (Å²) in [6, 6.07) is 1.50. The number of nitrogens with one attached hydrogen (secondary N) is 1. The highest BCUT2D eigenvalue weighted by Crippen LogP contribution is 2.15. The highest BCUT2D eigenvalue weighted by molar-refractivity contribution is 5.44. The Morgan fingerprint density at radius 3 is 3.00 bits per heavy atom. The van der Waals surface area contributed by atoms with Gasteiger partial charge in [-0.25, -0.2) is 0 Å². The van der Waals surface area contributed by atoms with Crippen LogP contribution in [0, 0.1) is 0 Å². The Hall–Kier alpha value is -1.73. The standard InChI is InChI=1S/C9H14N6O/c1-15(2)5-6(10)8-12-9(16-14-8)7-3-4-11-13-7/h3-4,6H,5,10H2,1-2H3,(H,11,13). The van der Waals surface area contributed by atoms with Gasteiger partial charge >= 0.3 is 0 Å². The Morgan fingerprint density at radius 2 is 2.38 bits per heavy atom. The molecule has 86 valence electrons. The van der Waals surface area contributed by atoms with Gasteiger partial charge in [-0.15, -0.1) is 0 Å². The van der Waals surface area contributed by atoms with Gasteiger partial charge in [0.2, 0.25) is 0 Å². The van der Waals surface area contributed by atoms with Crippen LogP contribution in [0.4, 0.5) is 0 Å². The van der Waals surface area contributed by atoms with Crippen molar-refractivity contribution in [3.8, 4) is 11.6 Å². The molecular formula is C9H14N6O. The summed E-state index contributed by atoms with van der Waals surface area (Å²) in [5.41, 5.74) is 6.60. The molecule has 0 fully saturated rings. The molecule has 0 spiro atoms. The van der Waals surface area contributed by atoms with E-state index in [1.54, 1.807) is 12.3 Å². The SMILES string of the molecule is CN(C)CC(N)c1noc(-c2ccn[nH]2)n1. The van der Waals surface area contributed by atoms with Crippen molar-refractivity contribution in [2.24, 2.45) is 5.73 Å². The number of rotatable bonds is 4. The van der Waals surface area contributed by atoms with Crippen molar-refractivity contribution >= 4 is 0 Å². The third kappa shape index (κ3) is 2.26. The molecule has 0 aliphatic rings. The number of nitrogens with two attached hydrogens (primary N) is 1. The van der Waals surface area contributed by atoms with E-state index in [-0.39, 0.29) is 6.04 Å². The zero-order valence-corrected chi connectivity index (χ0v) is 9.21. The molecule has 16 heavy (non-hydrogen) atoms. The van der Waals surface area contributed by atoms with Crippen molar-refractivity contribution in [1.82, 2.24) is 25.2 Å². The van der Waals surface area contributed by atoms with Crippen LogP contribution in [0.1, 0.15) is 11.9 Å². The maximum Gasteiger partial charge on any atom is 0.275 e. The molecule has 0 saturated heterocycles. The smallest absolute Gasteiger partial charge is 0.275 e. The summed E-state index contributed by atoms with van der Waals surface area (Å²) < 4.78 is 5.08. The zero-order valence-electron chi connectivity index (χ0n) is 9.21. The second-order valence-corrected chi connectivity index (χ2v) is 3.80. The van der Waals surface area contributed by atoms with Crippen LogP contribution >= 0.6 is 0 Å². The molecule has 0 bridgehead atoms. The minimum absolute atomic E-state index is 0.254. The van der Waals surface area contributed by atoms with Crippen LogP contribution in [0.15, 0.2) is 16.8 Å². The van der Waals surface area contributed by atoms with Crippen molar-refractivity contribution in [3.05, 3.63) is 18.1 Å². The summed E-state index contributed by atoms with van der Waals surface area (Å²) in [7, 11) is 3.88. The molecule has 0 aliphatic carbocycles. The molecule has 1 unspecified atom stereocenters. The summed E-state index contributed by atoms with van der Waals surface area (Å²) in [6.07, 6.45) is 1.62. The molecular weight excluding hydrogens is 208 g/mol. The summed E-state index contributed by atoms with van der Waals surface area (Å²) in [4.78, 5) is 6.17. The number of aromatic amines is 1. The van der Waals surface area contributed by atoms with Crippen molar-refractivity contribution < 1.29 is 4.52 Å². The van der Waals surface area contributed by atoms with Crippen LogP contribution in [0.2, 0.25) is 0 Å². The second kappa shape index (κ2) is 4.42. The first-order chi connectivity index (χ1) is 7.66. The number of likely N-dealkylation sites (N-methyl/N-ethyl adjacent to an activating group) is 1. The largest absolute Gasteiger partial charge is 0.332 e. The molecule has 2 rings (SSSR count). The van der Waals surface area contributed by atoms with Gasteiger partial charge in [0.1, 0.15) is 5.69 Å². The normalized spacial score (nSPS) is 13.2. The molecule has 3 N–H and O–H groups in total. The lowest BCUT2D eigenvalue weighted by atomic mass is 10.3. The lowest BCUT2D eigenvalue weighted by Gasteiger charge is -2.12. The molecule has 2 heterocycles. The van der Waals surface area contributed by atoms with Crippen LogP contribution in [0.3, 0.4) is 0 Å². The van der Waals surface area contributed by atoms with Crippen molar-refractivity contribution in [2.45, 2.75) is 6.04 Å². The Labute approximate surface area is 92.6 Å². The predicted octanol–water partition coefficient (Wildman–Crippen LogP) is 0.0211. The first-order valence-electron chi connectivity index (χ1n) is 4.90. The molecule has 0 amide bonds. The van der Waals surface area contributed by atoms with Crippen LogP contribution in [-0.4, -0.2) is 45.9 Å². The van der Waals surface area contributed by atoms with E-state index in [0.29, 0.717) is 24.0 Å². The monoisotopic (exact) mass is 222 g/mol. The van der Waals surface area contributed by atoms with Crippen LogP contribution < -0.4 is 5.73 Å². The Morgan fingerprint density at radius 1 is 1.56 bits per heavy atom.